The molecule has 7 nitrogen and oxygen atoms in total. The summed E-state index contributed by atoms with van der Waals surface area (Å²) in [6.45, 7) is 5.43. The zero-order chi connectivity index (χ0) is 18.3. The molecule has 1 amide bonds. The zero-order valence-electron chi connectivity index (χ0n) is 15.1. The summed E-state index contributed by atoms with van der Waals surface area (Å²) in [6.07, 6.45) is 4.65. The van der Waals surface area contributed by atoms with Crippen molar-refractivity contribution in [3.8, 4) is 11.5 Å². The average molecular weight is 373 g/mol. The standard InChI is InChI=1S/C18H23N5O2S/c1-12-20-14(9-26-12)15-19-8-13(16(24)21-15)17(25)23-6-3-4-18(11-23)5-7-22(2)10-18/h8-9H,3-7,10-11H2,1-2H3,(H,19,21,24)/t18-/m1/s1. The van der Waals surface area contributed by atoms with Gasteiger partial charge in [0.2, 0.25) is 0 Å². The molecule has 4 rings (SSSR count). The molecule has 0 unspecified atom stereocenters. The molecule has 1 N–H and O–H groups in total. The molecule has 0 aromatic carbocycles. The van der Waals surface area contributed by atoms with Crippen molar-refractivity contribution in [2.45, 2.75) is 26.2 Å². The fourth-order valence-electron chi connectivity index (χ4n) is 4.19. The summed E-state index contributed by atoms with van der Waals surface area (Å²) in [7, 11) is 2.13. The summed E-state index contributed by atoms with van der Waals surface area (Å²) in [5, 5.41) is 2.75. The fraction of sp³-hybridized carbons (Fsp3) is 0.556. The molecule has 2 aromatic rings. The molecule has 2 saturated heterocycles. The van der Waals surface area contributed by atoms with Crippen LogP contribution in [-0.4, -0.2) is 63.9 Å². The molecule has 2 aliphatic heterocycles. The van der Waals surface area contributed by atoms with Crippen molar-refractivity contribution in [1.82, 2.24) is 24.8 Å². The Bertz CT molecular complexity index is 888. The van der Waals surface area contributed by atoms with Gasteiger partial charge in [-0.2, -0.15) is 0 Å². The van der Waals surface area contributed by atoms with Crippen LogP contribution in [0.25, 0.3) is 11.5 Å². The highest BCUT2D eigenvalue weighted by Gasteiger charge is 2.41. The molecule has 0 aliphatic carbocycles. The molecule has 1 atom stereocenters. The van der Waals surface area contributed by atoms with Crippen molar-refractivity contribution in [2.75, 3.05) is 33.2 Å². The second-order valence-electron chi connectivity index (χ2n) is 7.54. The van der Waals surface area contributed by atoms with Gasteiger partial charge >= 0.3 is 0 Å². The number of amides is 1. The lowest BCUT2D eigenvalue weighted by Crippen LogP contribution is -2.48. The van der Waals surface area contributed by atoms with Gasteiger partial charge in [-0.05, 0) is 39.8 Å². The van der Waals surface area contributed by atoms with Gasteiger partial charge in [0, 0.05) is 36.6 Å². The smallest absolute Gasteiger partial charge is 0.264 e. The third-order valence-electron chi connectivity index (χ3n) is 5.47. The molecule has 0 radical (unpaired) electrons. The maximum absolute atomic E-state index is 12.9. The normalized spacial score (nSPS) is 23.7. The Morgan fingerprint density at radius 2 is 2.15 bits per heavy atom. The molecular formula is C18H23N5O2S. The molecule has 2 aromatic heterocycles. The molecular weight excluding hydrogens is 350 g/mol. The Labute approximate surface area is 156 Å². The van der Waals surface area contributed by atoms with E-state index in [-0.39, 0.29) is 16.9 Å². The van der Waals surface area contributed by atoms with E-state index in [4.69, 9.17) is 0 Å². The van der Waals surface area contributed by atoms with E-state index in [0.29, 0.717) is 18.1 Å². The first-order valence-corrected chi connectivity index (χ1v) is 9.83. The highest BCUT2D eigenvalue weighted by atomic mass is 32.1. The monoisotopic (exact) mass is 373 g/mol. The Balaban J connectivity index is 1.55. The molecule has 0 saturated carbocycles. The third kappa shape index (κ3) is 3.19. The van der Waals surface area contributed by atoms with E-state index in [0.717, 1.165) is 43.9 Å². The van der Waals surface area contributed by atoms with Crippen LogP contribution in [0.3, 0.4) is 0 Å². The van der Waals surface area contributed by atoms with Crippen molar-refractivity contribution in [2.24, 2.45) is 5.41 Å². The lowest BCUT2D eigenvalue weighted by atomic mass is 9.79. The van der Waals surface area contributed by atoms with Gasteiger partial charge in [0.1, 0.15) is 11.3 Å². The molecule has 1 spiro atoms. The maximum Gasteiger partial charge on any atom is 0.264 e. The van der Waals surface area contributed by atoms with Crippen LogP contribution in [0.4, 0.5) is 0 Å². The van der Waals surface area contributed by atoms with Gasteiger partial charge in [-0.25, -0.2) is 9.97 Å². The Morgan fingerprint density at radius 3 is 2.81 bits per heavy atom. The van der Waals surface area contributed by atoms with Crippen LogP contribution >= 0.6 is 11.3 Å². The Hall–Kier alpha value is -2.06. The SMILES string of the molecule is Cc1nc(-c2ncc(C(=O)N3CCC[C@]4(CCN(C)C4)C3)c(=O)[nH]2)cs1. The number of H-pyrrole nitrogens is 1. The average Bonchev–Trinajstić information content (AvgIpc) is 3.20. The van der Waals surface area contributed by atoms with Gasteiger partial charge in [-0.3, -0.25) is 9.59 Å². The number of hydrogen-bond donors (Lipinski definition) is 1. The summed E-state index contributed by atoms with van der Waals surface area (Å²) >= 11 is 1.50. The molecule has 4 heterocycles. The first-order chi connectivity index (χ1) is 12.5. The number of rotatable bonds is 2. The minimum Gasteiger partial charge on any atom is -0.338 e. The van der Waals surface area contributed by atoms with E-state index < -0.39 is 5.56 Å². The van der Waals surface area contributed by atoms with E-state index in [9.17, 15) is 9.59 Å². The predicted molar refractivity (Wildman–Crippen MR) is 100 cm³/mol. The van der Waals surface area contributed by atoms with Crippen LogP contribution in [0.5, 0.6) is 0 Å². The molecule has 26 heavy (non-hydrogen) atoms. The van der Waals surface area contributed by atoms with Gasteiger partial charge in [0.25, 0.3) is 11.5 Å². The molecule has 2 fully saturated rings. The van der Waals surface area contributed by atoms with Crippen LogP contribution < -0.4 is 5.56 Å². The number of nitrogens with zero attached hydrogens (tertiary/aromatic N) is 4. The number of aryl methyl sites for hydroxylation is 1. The van der Waals surface area contributed by atoms with Gasteiger partial charge in [-0.1, -0.05) is 0 Å². The topological polar surface area (TPSA) is 82.2 Å². The van der Waals surface area contributed by atoms with Crippen molar-refractivity contribution < 1.29 is 4.79 Å². The largest absolute Gasteiger partial charge is 0.338 e. The van der Waals surface area contributed by atoms with Gasteiger partial charge < -0.3 is 14.8 Å². The summed E-state index contributed by atoms with van der Waals surface area (Å²) in [6, 6.07) is 0. The van der Waals surface area contributed by atoms with Crippen molar-refractivity contribution in [1.29, 1.82) is 0 Å². The Kier molecular flexibility index (Phi) is 4.40. The van der Waals surface area contributed by atoms with E-state index in [1.54, 1.807) is 0 Å². The maximum atomic E-state index is 12.9. The predicted octanol–water partition coefficient (Wildman–Crippen LogP) is 1.76. The summed E-state index contributed by atoms with van der Waals surface area (Å²) in [5.41, 5.74) is 0.536. The van der Waals surface area contributed by atoms with Crippen molar-refractivity contribution >= 4 is 17.2 Å². The van der Waals surface area contributed by atoms with E-state index in [2.05, 4.69) is 26.9 Å². The Morgan fingerprint density at radius 1 is 1.31 bits per heavy atom. The highest BCUT2D eigenvalue weighted by Crippen LogP contribution is 2.38. The summed E-state index contributed by atoms with van der Waals surface area (Å²) < 4.78 is 0. The van der Waals surface area contributed by atoms with Gasteiger partial charge in [0.15, 0.2) is 5.82 Å². The van der Waals surface area contributed by atoms with Crippen LogP contribution in [0, 0.1) is 12.3 Å². The number of nitrogens with one attached hydrogen (secondary N) is 1. The summed E-state index contributed by atoms with van der Waals surface area (Å²) in [4.78, 5) is 40.9. The quantitative estimate of drug-likeness (QED) is 0.867. The number of likely N-dealkylation sites (tertiary alicyclic amines) is 2. The number of carbonyl (C=O) groups is 1. The number of hydrogen-bond acceptors (Lipinski definition) is 6. The molecule has 8 heteroatoms. The minimum absolute atomic E-state index is 0.115. The number of thiazole rings is 1. The van der Waals surface area contributed by atoms with Crippen LogP contribution in [-0.2, 0) is 0 Å². The lowest BCUT2D eigenvalue weighted by molar-refractivity contribution is 0.0532. The third-order valence-corrected chi connectivity index (χ3v) is 6.24. The number of aromatic amines is 1. The second kappa shape index (κ2) is 6.59. The number of carbonyl (C=O) groups excluding carboxylic acids is 1. The second-order valence-corrected chi connectivity index (χ2v) is 8.61. The molecule has 2 aliphatic rings. The molecule has 138 valence electrons. The minimum atomic E-state index is -0.395. The van der Waals surface area contributed by atoms with Crippen LogP contribution in [0.2, 0.25) is 0 Å². The zero-order valence-corrected chi connectivity index (χ0v) is 15.9. The van der Waals surface area contributed by atoms with E-state index in [1.165, 1.54) is 17.5 Å². The van der Waals surface area contributed by atoms with Gasteiger partial charge in [0.05, 0.1) is 5.01 Å². The first kappa shape index (κ1) is 17.4. The summed E-state index contributed by atoms with van der Waals surface area (Å²) in [5.74, 6) is 0.191. The van der Waals surface area contributed by atoms with E-state index in [1.807, 2.05) is 17.2 Å². The van der Waals surface area contributed by atoms with Crippen molar-refractivity contribution in [3.63, 3.8) is 0 Å². The fourth-order valence-corrected chi connectivity index (χ4v) is 4.79. The van der Waals surface area contributed by atoms with E-state index >= 15 is 0 Å². The highest BCUT2D eigenvalue weighted by molar-refractivity contribution is 7.09. The number of piperidine rings is 1. The number of aromatic nitrogens is 3. The first-order valence-electron chi connectivity index (χ1n) is 8.95. The molecule has 0 bridgehead atoms. The van der Waals surface area contributed by atoms with Crippen LogP contribution in [0.1, 0.15) is 34.6 Å². The van der Waals surface area contributed by atoms with Gasteiger partial charge in [-0.15, -0.1) is 11.3 Å². The lowest BCUT2D eigenvalue weighted by Gasteiger charge is -2.40. The van der Waals surface area contributed by atoms with Crippen LogP contribution in [0.15, 0.2) is 16.4 Å². The van der Waals surface area contributed by atoms with Crippen molar-refractivity contribution in [3.05, 3.63) is 32.5 Å².